The number of nitrogens with two attached hydrogens (primary N) is 1. The van der Waals surface area contributed by atoms with Crippen molar-refractivity contribution in [2.75, 3.05) is 18.9 Å². The molecular weight excluding hydrogens is 242 g/mol. The lowest BCUT2D eigenvalue weighted by Crippen LogP contribution is -2.10. The van der Waals surface area contributed by atoms with Gasteiger partial charge in [-0.3, -0.25) is 0 Å². The third-order valence-corrected chi connectivity index (χ3v) is 2.61. The van der Waals surface area contributed by atoms with Crippen LogP contribution in [0.4, 0.5) is 5.69 Å². The summed E-state index contributed by atoms with van der Waals surface area (Å²) < 4.78 is 11.1. The molecular formula is C15H17NO3. The van der Waals surface area contributed by atoms with Gasteiger partial charge in [-0.2, -0.15) is 0 Å². The van der Waals surface area contributed by atoms with Crippen LogP contribution in [0.1, 0.15) is 5.56 Å². The second-order valence-corrected chi connectivity index (χ2v) is 4.04. The second-order valence-electron chi connectivity index (χ2n) is 4.04. The summed E-state index contributed by atoms with van der Waals surface area (Å²) in [4.78, 5) is 0. The van der Waals surface area contributed by atoms with Crippen LogP contribution in [0.25, 0.3) is 0 Å². The van der Waals surface area contributed by atoms with Gasteiger partial charge in [-0.05, 0) is 18.2 Å². The molecule has 19 heavy (non-hydrogen) atoms. The van der Waals surface area contributed by atoms with Gasteiger partial charge in [0.15, 0.2) is 0 Å². The van der Waals surface area contributed by atoms with E-state index in [0.29, 0.717) is 24.7 Å². The van der Waals surface area contributed by atoms with Crippen molar-refractivity contribution in [2.24, 2.45) is 0 Å². The minimum absolute atomic E-state index is 0.0355. The summed E-state index contributed by atoms with van der Waals surface area (Å²) in [6.07, 6.45) is 0. The Hall–Kier alpha value is -2.20. The van der Waals surface area contributed by atoms with E-state index < -0.39 is 0 Å². The van der Waals surface area contributed by atoms with Crippen molar-refractivity contribution >= 4 is 5.69 Å². The number of nitrogen functional groups attached to an aromatic ring is 1. The molecule has 2 rings (SSSR count). The van der Waals surface area contributed by atoms with Crippen molar-refractivity contribution in [3.8, 4) is 11.5 Å². The third-order valence-electron chi connectivity index (χ3n) is 2.61. The zero-order valence-corrected chi connectivity index (χ0v) is 10.6. The molecule has 2 aromatic rings. The molecule has 4 heteroatoms. The zero-order valence-electron chi connectivity index (χ0n) is 10.6. The Balaban J connectivity index is 1.81. The van der Waals surface area contributed by atoms with Crippen LogP contribution in [0.2, 0.25) is 0 Å². The molecule has 0 fully saturated rings. The Morgan fingerprint density at radius 1 is 0.947 bits per heavy atom. The van der Waals surface area contributed by atoms with Gasteiger partial charge < -0.3 is 20.3 Å². The molecule has 0 spiro atoms. The molecule has 0 saturated carbocycles. The summed E-state index contributed by atoms with van der Waals surface area (Å²) >= 11 is 0. The quantitative estimate of drug-likeness (QED) is 0.616. The van der Waals surface area contributed by atoms with Crippen LogP contribution in [0.15, 0.2) is 48.5 Å². The first-order chi connectivity index (χ1) is 9.29. The van der Waals surface area contributed by atoms with E-state index in [1.165, 1.54) is 0 Å². The summed E-state index contributed by atoms with van der Waals surface area (Å²) in [5.41, 5.74) is 7.09. The number of aliphatic hydroxyl groups is 1. The van der Waals surface area contributed by atoms with Crippen LogP contribution < -0.4 is 15.2 Å². The molecule has 0 aliphatic heterocycles. The Kier molecular flexibility index (Phi) is 4.64. The van der Waals surface area contributed by atoms with Gasteiger partial charge in [0.05, 0.1) is 6.61 Å². The standard InChI is InChI=1S/C15H17NO3/c16-13-5-3-6-14(10-13)18-8-9-19-15-7-2-1-4-12(15)11-17/h1-7,10,17H,8-9,11,16H2. The fourth-order valence-corrected chi connectivity index (χ4v) is 1.69. The van der Waals surface area contributed by atoms with Crippen molar-refractivity contribution in [1.82, 2.24) is 0 Å². The molecule has 100 valence electrons. The Bertz CT molecular complexity index is 528. The predicted molar refractivity (Wildman–Crippen MR) is 74.2 cm³/mol. The van der Waals surface area contributed by atoms with E-state index in [2.05, 4.69) is 0 Å². The van der Waals surface area contributed by atoms with Gasteiger partial charge in [-0.15, -0.1) is 0 Å². The van der Waals surface area contributed by atoms with E-state index in [1.807, 2.05) is 36.4 Å². The minimum Gasteiger partial charge on any atom is -0.490 e. The Labute approximate surface area is 112 Å². The molecule has 3 N–H and O–H groups in total. The molecule has 0 amide bonds. The molecule has 0 atom stereocenters. The van der Waals surface area contributed by atoms with Gasteiger partial charge >= 0.3 is 0 Å². The summed E-state index contributed by atoms with van der Waals surface area (Å²) in [6, 6.07) is 14.6. The molecule has 0 aliphatic carbocycles. The number of hydrogen-bond donors (Lipinski definition) is 2. The molecule has 0 bridgehead atoms. The second kappa shape index (κ2) is 6.66. The zero-order chi connectivity index (χ0) is 13.5. The average molecular weight is 259 g/mol. The highest BCUT2D eigenvalue weighted by Gasteiger charge is 2.01. The van der Waals surface area contributed by atoms with Crippen molar-refractivity contribution in [3.05, 3.63) is 54.1 Å². The van der Waals surface area contributed by atoms with Crippen molar-refractivity contribution in [1.29, 1.82) is 0 Å². The molecule has 0 heterocycles. The fourth-order valence-electron chi connectivity index (χ4n) is 1.69. The van der Waals surface area contributed by atoms with Gasteiger partial charge in [0.2, 0.25) is 0 Å². The molecule has 2 aromatic carbocycles. The van der Waals surface area contributed by atoms with E-state index in [4.69, 9.17) is 20.3 Å². The van der Waals surface area contributed by atoms with Crippen molar-refractivity contribution in [3.63, 3.8) is 0 Å². The smallest absolute Gasteiger partial charge is 0.124 e. The number of benzene rings is 2. The Morgan fingerprint density at radius 3 is 2.53 bits per heavy atom. The van der Waals surface area contributed by atoms with Crippen LogP contribution in [0.3, 0.4) is 0 Å². The summed E-state index contributed by atoms with van der Waals surface area (Å²) in [6.45, 7) is 0.793. The van der Waals surface area contributed by atoms with Gasteiger partial charge in [-0.1, -0.05) is 24.3 Å². The maximum absolute atomic E-state index is 9.16. The number of hydrogen-bond acceptors (Lipinski definition) is 4. The summed E-state index contributed by atoms with van der Waals surface area (Å²) in [5, 5.41) is 9.16. The van der Waals surface area contributed by atoms with Gasteiger partial charge in [-0.25, -0.2) is 0 Å². The minimum atomic E-state index is -0.0355. The third kappa shape index (κ3) is 3.89. The highest BCUT2D eigenvalue weighted by molar-refractivity contribution is 5.43. The molecule has 0 unspecified atom stereocenters. The van der Waals surface area contributed by atoms with Crippen LogP contribution in [0, 0.1) is 0 Å². The maximum Gasteiger partial charge on any atom is 0.124 e. The van der Waals surface area contributed by atoms with Crippen LogP contribution in [0.5, 0.6) is 11.5 Å². The van der Waals surface area contributed by atoms with Gasteiger partial charge in [0.1, 0.15) is 24.7 Å². The van der Waals surface area contributed by atoms with Crippen molar-refractivity contribution < 1.29 is 14.6 Å². The van der Waals surface area contributed by atoms with E-state index in [0.717, 1.165) is 11.3 Å². The molecule has 0 aliphatic rings. The van der Waals surface area contributed by atoms with Crippen LogP contribution >= 0.6 is 0 Å². The highest BCUT2D eigenvalue weighted by atomic mass is 16.5. The number of aliphatic hydroxyl groups excluding tert-OH is 1. The van der Waals surface area contributed by atoms with E-state index in [9.17, 15) is 0 Å². The SMILES string of the molecule is Nc1cccc(OCCOc2ccccc2CO)c1. The normalized spacial score (nSPS) is 10.2. The van der Waals surface area contributed by atoms with Gasteiger partial charge in [0, 0.05) is 17.3 Å². The van der Waals surface area contributed by atoms with Crippen LogP contribution in [-0.2, 0) is 6.61 Å². The average Bonchev–Trinajstić information content (AvgIpc) is 2.44. The van der Waals surface area contributed by atoms with Gasteiger partial charge in [0.25, 0.3) is 0 Å². The first kappa shape index (κ1) is 13.2. The lowest BCUT2D eigenvalue weighted by molar-refractivity contribution is 0.210. The monoisotopic (exact) mass is 259 g/mol. The maximum atomic E-state index is 9.16. The molecule has 4 nitrogen and oxygen atoms in total. The van der Waals surface area contributed by atoms with Crippen LogP contribution in [-0.4, -0.2) is 18.3 Å². The topological polar surface area (TPSA) is 64.7 Å². The lowest BCUT2D eigenvalue weighted by Gasteiger charge is -2.11. The first-order valence-electron chi connectivity index (χ1n) is 6.09. The van der Waals surface area contributed by atoms with E-state index >= 15 is 0 Å². The van der Waals surface area contributed by atoms with E-state index in [-0.39, 0.29) is 6.61 Å². The largest absolute Gasteiger partial charge is 0.490 e. The van der Waals surface area contributed by atoms with E-state index in [1.54, 1.807) is 12.1 Å². The fraction of sp³-hybridized carbons (Fsp3) is 0.200. The summed E-state index contributed by atoms with van der Waals surface area (Å²) in [7, 11) is 0. The summed E-state index contributed by atoms with van der Waals surface area (Å²) in [5.74, 6) is 1.40. The number of para-hydroxylation sites is 1. The number of anilines is 1. The Morgan fingerprint density at radius 2 is 1.74 bits per heavy atom. The first-order valence-corrected chi connectivity index (χ1v) is 6.09. The number of rotatable bonds is 6. The molecule has 0 saturated heterocycles. The molecule has 0 radical (unpaired) electrons. The highest BCUT2D eigenvalue weighted by Crippen LogP contribution is 2.18. The number of ether oxygens (including phenoxy) is 2. The molecule has 0 aromatic heterocycles. The lowest BCUT2D eigenvalue weighted by atomic mass is 10.2. The van der Waals surface area contributed by atoms with Crippen molar-refractivity contribution in [2.45, 2.75) is 6.61 Å². The predicted octanol–water partition coefficient (Wildman–Crippen LogP) is 2.22.